The van der Waals surface area contributed by atoms with Gasteiger partial charge in [0.05, 0.1) is 10.2 Å². The van der Waals surface area contributed by atoms with Crippen LogP contribution in [0.2, 0.25) is 0 Å². The zero-order valence-electron chi connectivity index (χ0n) is 14.0. The predicted molar refractivity (Wildman–Crippen MR) is 108 cm³/mol. The van der Waals surface area contributed by atoms with E-state index < -0.39 is 0 Å². The Morgan fingerprint density at radius 1 is 0.963 bits per heavy atom. The minimum absolute atomic E-state index is 0.174. The van der Waals surface area contributed by atoms with Crippen LogP contribution >= 0.6 is 15.9 Å². The molecule has 0 atom stereocenters. The number of halogens is 1. The van der Waals surface area contributed by atoms with E-state index >= 15 is 0 Å². The molecule has 4 rings (SSSR count). The van der Waals surface area contributed by atoms with Gasteiger partial charge in [0.15, 0.2) is 0 Å². The van der Waals surface area contributed by atoms with E-state index in [0.29, 0.717) is 17.5 Å². The van der Waals surface area contributed by atoms with Crippen molar-refractivity contribution >= 4 is 39.1 Å². The molecule has 0 fully saturated rings. The molecule has 0 aliphatic heterocycles. The maximum atomic E-state index is 9.57. The maximum absolute atomic E-state index is 9.57. The molecule has 2 aromatic heterocycles. The number of hydrogen-bond donors (Lipinski definition) is 4. The molecule has 0 amide bonds. The third kappa shape index (κ3) is 4.06. The lowest BCUT2D eigenvalue weighted by molar-refractivity contribution is 0.475. The third-order valence-corrected chi connectivity index (χ3v) is 4.39. The fourth-order valence-electron chi connectivity index (χ4n) is 2.51. The summed E-state index contributed by atoms with van der Waals surface area (Å²) in [6, 6.07) is 16.6. The first kappa shape index (κ1) is 17.0. The van der Waals surface area contributed by atoms with E-state index in [1.165, 1.54) is 0 Å². The Morgan fingerprint density at radius 3 is 2.56 bits per heavy atom. The summed E-state index contributed by atoms with van der Waals surface area (Å²) in [4.78, 5) is 8.74. The summed E-state index contributed by atoms with van der Waals surface area (Å²) in [6.07, 6.45) is 3.39. The molecule has 4 N–H and O–H groups in total. The van der Waals surface area contributed by atoms with Gasteiger partial charge in [0, 0.05) is 29.8 Å². The van der Waals surface area contributed by atoms with Crippen molar-refractivity contribution in [1.29, 1.82) is 0 Å². The second-order valence-corrected chi connectivity index (χ2v) is 6.59. The summed E-state index contributed by atoms with van der Waals surface area (Å²) in [5, 5.41) is 22.8. The minimum Gasteiger partial charge on any atom is -0.508 e. The van der Waals surface area contributed by atoms with E-state index in [1.807, 2.05) is 36.4 Å². The maximum Gasteiger partial charge on any atom is 0.229 e. The molecule has 0 aliphatic rings. The molecule has 0 spiro atoms. The molecule has 4 aromatic rings. The fourth-order valence-corrected chi connectivity index (χ4v) is 2.80. The van der Waals surface area contributed by atoms with Gasteiger partial charge in [0.25, 0.3) is 0 Å². The van der Waals surface area contributed by atoms with Crippen molar-refractivity contribution in [2.75, 3.05) is 10.6 Å². The first-order chi connectivity index (χ1) is 13.2. The highest BCUT2D eigenvalue weighted by atomic mass is 79.9. The first-order valence-electron chi connectivity index (χ1n) is 8.13. The van der Waals surface area contributed by atoms with Crippen LogP contribution in [0, 0.1) is 0 Å². The van der Waals surface area contributed by atoms with Gasteiger partial charge < -0.3 is 15.7 Å². The molecule has 0 aliphatic carbocycles. The van der Waals surface area contributed by atoms with Gasteiger partial charge in [-0.2, -0.15) is 10.1 Å². The number of aromatic nitrogens is 4. The quantitative estimate of drug-likeness (QED) is 0.367. The van der Waals surface area contributed by atoms with E-state index in [9.17, 15) is 5.11 Å². The largest absolute Gasteiger partial charge is 0.508 e. The van der Waals surface area contributed by atoms with Gasteiger partial charge >= 0.3 is 0 Å². The highest BCUT2D eigenvalue weighted by Gasteiger charge is 2.07. The van der Waals surface area contributed by atoms with Gasteiger partial charge in [-0.3, -0.25) is 5.10 Å². The average Bonchev–Trinajstić information content (AvgIpc) is 3.20. The Morgan fingerprint density at radius 2 is 1.81 bits per heavy atom. The highest BCUT2D eigenvalue weighted by molar-refractivity contribution is 9.10. The SMILES string of the molecule is Oc1cccc(Nc2ncc(Br)c(Nc3ccc(-c4ccn[nH]4)cc3)n2)c1. The Kier molecular flexibility index (Phi) is 4.71. The molecule has 134 valence electrons. The average molecular weight is 423 g/mol. The van der Waals surface area contributed by atoms with Crippen LogP contribution in [0.25, 0.3) is 11.3 Å². The standard InChI is InChI=1S/C19H15BrN6O/c20-16-11-21-19(24-14-2-1-3-15(27)10-14)25-18(16)23-13-6-4-12(5-7-13)17-8-9-22-26-17/h1-11,27H,(H,22,26)(H2,21,23,24,25). The Bertz CT molecular complexity index is 1050. The van der Waals surface area contributed by atoms with Crippen LogP contribution in [-0.2, 0) is 0 Å². The normalized spacial score (nSPS) is 10.6. The zero-order valence-corrected chi connectivity index (χ0v) is 15.6. The molecule has 2 heterocycles. The Labute approximate surface area is 163 Å². The number of nitrogens with zero attached hydrogens (tertiary/aromatic N) is 3. The van der Waals surface area contributed by atoms with Gasteiger partial charge in [0.2, 0.25) is 5.95 Å². The van der Waals surface area contributed by atoms with Gasteiger partial charge in [0.1, 0.15) is 11.6 Å². The topological polar surface area (TPSA) is 98.7 Å². The molecule has 2 aromatic carbocycles. The molecular weight excluding hydrogens is 408 g/mol. The molecule has 27 heavy (non-hydrogen) atoms. The molecule has 0 unspecified atom stereocenters. The number of benzene rings is 2. The summed E-state index contributed by atoms with van der Waals surface area (Å²) in [5.74, 6) is 1.22. The summed E-state index contributed by atoms with van der Waals surface area (Å²) in [6.45, 7) is 0. The van der Waals surface area contributed by atoms with E-state index in [-0.39, 0.29) is 5.75 Å². The number of H-pyrrole nitrogens is 1. The van der Waals surface area contributed by atoms with Crippen LogP contribution in [0.3, 0.4) is 0 Å². The fraction of sp³-hybridized carbons (Fsp3) is 0. The second-order valence-electron chi connectivity index (χ2n) is 5.74. The summed E-state index contributed by atoms with van der Waals surface area (Å²) in [7, 11) is 0. The van der Waals surface area contributed by atoms with Crippen molar-refractivity contribution in [2.24, 2.45) is 0 Å². The Hall–Kier alpha value is -3.39. The molecule has 0 saturated heterocycles. The molecule has 0 radical (unpaired) electrons. The van der Waals surface area contributed by atoms with Crippen LogP contribution in [0.15, 0.2) is 71.5 Å². The molecular formula is C19H15BrN6O. The lowest BCUT2D eigenvalue weighted by Crippen LogP contribution is -2.01. The van der Waals surface area contributed by atoms with Gasteiger partial charge in [-0.05, 0) is 51.8 Å². The number of phenolic OH excluding ortho intramolecular Hbond substituents is 1. The monoisotopic (exact) mass is 422 g/mol. The van der Waals surface area contributed by atoms with Crippen LogP contribution in [0.4, 0.5) is 23.1 Å². The van der Waals surface area contributed by atoms with Crippen LogP contribution in [-0.4, -0.2) is 25.3 Å². The van der Waals surface area contributed by atoms with Crippen molar-refractivity contribution in [3.8, 4) is 17.0 Å². The van der Waals surface area contributed by atoms with Crippen LogP contribution in [0.5, 0.6) is 5.75 Å². The number of aromatic amines is 1. The Balaban J connectivity index is 1.53. The molecule has 0 saturated carbocycles. The number of nitrogens with one attached hydrogen (secondary N) is 3. The predicted octanol–water partition coefficient (Wildman–Crippen LogP) is 4.82. The highest BCUT2D eigenvalue weighted by Crippen LogP contribution is 2.27. The number of hydrogen-bond acceptors (Lipinski definition) is 6. The summed E-state index contributed by atoms with van der Waals surface area (Å²) in [5.41, 5.74) is 3.60. The van der Waals surface area contributed by atoms with Crippen molar-refractivity contribution in [2.45, 2.75) is 0 Å². The lowest BCUT2D eigenvalue weighted by Gasteiger charge is -2.11. The van der Waals surface area contributed by atoms with Crippen LogP contribution < -0.4 is 10.6 Å². The number of rotatable bonds is 5. The number of aromatic hydroxyl groups is 1. The zero-order chi connectivity index (χ0) is 18.6. The van der Waals surface area contributed by atoms with Gasteiger partial charge in [-0.1, -0.05) is 18.2 Å². The van der Waals surface area contributed by atoms with E-state index in [1.54, 1.807) is 30.6 Å². The van der Waals surface area contributed by atoms with Crippen molar-refractivity contribution in [3.63, 3.8) is 0 Å². The van der Waals surface area contributed by atoms with Crippen molar-refractivity contribution in [3.05, 3.63) is 71.5 Å². The molecule has 7 nitrogen and oxygen atoms in total. The van der Waals surface area contributed by atoms with E-state index in [2.05, 4.69) is 46.7 Å². The summed E-state index contributed by atoms with van der Waals surface area (Å²) >= 11 is 3.46. The first-order valence-corrected chi connectivity index (χ1v) is 8.92. The van der Waals surface area contributed by atoms with E-state index in [0.717, 1.165) is 21.4 Å². The lowest BCUT2D eigenvalue weighted by atomic mass is 10.1. The molecule has 0 bridgehead atoms. The number of anilines is 4. The van der Waals surface area contributed by atoms with Crippen LogP contribution in [0.1, 0.15) is 0 Å². The minimum atomic E-state index is 0.174. The van der Waals surface area contributed by atoms with Crippen molar-refractivity contribution in [1.82, 2.24) is 20.2 Å². The van der Waals surface area contributed by atoms with Crippen molar-refractivity contribution < 1.29 is 5.11 Å². The second kappa shape index (κ2) is 7.46. The summed E-state index contributed by atoms with van der Waals surface area (Å²) < 4.78 is 0.738. The smallest absolute Gasteiger partial charge is 0.229 e. The van der Waals surface area contributed by atoms with Gasteiger partial charge in [-0.25, -0.2) is 4.98 Å². The molecule has 8 heteroatoms. The number of phenols is 1. The van der Waals surface area contributed by atoms with Gasteiger partial charge in [-0.15, -0.1) is 0 Å². The van der Waals surface area contributed by atoms with E-state index in [4.69, 9.17) is 0 Å². The third-order valence-electron chi connectivity index (χ3n) is 3.81.